The lowest BCUT2D eigenvalue weighted by Crippen LogP contribution is -2.33. The van der Waals surface area contributed by atoms with E-state index in [1.165, 1.54) is 49.0 Å². The predicted molar refractivity (Wildman–Crippen MR) is 134 cm³/mol. The van der Waals surface area contributed by atoms with Crippen LogP contribution in [0.3, 0.4) is 0 Å². The molecule has 3 aromatic carbocycles. The maximum absolute atomic E-state index is 6.04. The normalized spacial score (nSPS) is 14.9. The summed E-state index contributed by atoms with van der Waals surface area (Å²) in [5, 5.41) is 0. The Labute approximate surface area is 198 Å². The molecule has 4 heteroatoms. The average Bonchev–Trinajstić information content (AvgIpc) is 2.85. The van der Waals surface area contributed by atoms with Gasteiger partial charge in [0, 0.05) is 12.5 Å². The van der Waals surface area contributed by atoms with Crippen LogP contribution in [0, 0.1) is 0 Å². The van der Waals surface area contributed by atoms with Crippen LogP contribution in [0.25, 0.3) is 0 Å². The summed E-state index contributed by atoms with van der Waals surface area (Å²) in [6.45, 7) is 4.21. The molecule has 1 aliphatic heterocycles. The maximum Gasteiger partial charge on any atom is 0.119 e. The van der Waals surface area contributed by atoms with Gasteiger partial charge in [-0.25, -0.2) is 0 Å². The van der Waals surface area contributed by atoms with E-state index in [0.29, 0.717) is 5.92 Å². The van der Waals surface area contributed by atoms with Gasteiger partial charge in [-0.2, -0.15) is 0 Å². The van der Waals surface area contributed by atoms with Crippen LogP contribution in [-0.2, 0) is 6.42 Å². The Morgan fingerprint density at radius 3 is 2.03 bits per heavy atom. The van der Waals surface area contributed by atoms with Gasteiger partial charge < -0.3 is 9.47 Å². The van der Waals surface area contributed by atoms with Gasteiger partial charge in [0.15, 0.2) is 0 Å². The minimum Gasteiger partial charge on any atom is -0.497 e. The van der Waals surface area contributed by atoms with Crippen LogP contribution in [0.1, 0.15) is 41.9 Å². The predicted octanol–water partition coefficient (Wildman–Crippen LogP) is 6.36. The van der Waals surface area contributed by atoms with Crippen LogP contribution < -0.4 is 9.47 Å². The quantitative estimate of drug-likeness (QED) is 0.378. The van der Waals surface area contributed by atoms with Crippen molar-refractivity contribution in [1.82, 2.24) is 4.90 Å². The molecule has 1 unspecified atom stereocenters. The van der Waals surface area contributed by atoms with E-state index in [4.69, 9.17) is 9.47 Å². The first-order valence-corrected chi connectivity index (χ1v) is 11.4. The number of halogens is 1. The Hall–Kier alpha value is -2.49. The van der Waals surface area contributed by atoms with E-state index in [0.717, 1.165) is 31.1 Å². The Bertz CT molecular complexity index is 906. The SMILES string of the molecule is COc1ccc(CC(c2ccccc2)c2ccc(OCCN3CCCCC3)cc2)cc1.Cl. The second kappa shape index (κ2) is 12.5. The Morgan fingerprint density at radius 2 is 1.38 bits per heavy atom. The van der Waals surface area contributed by atoms with E-state index in [1.807, 2.05) is 12.1 Å². The second-order valence-electron chi connectivity index (χ2n) is 8.34. The first-order chi connectivity index (χ1) is 15.3. The summed E-state index contributed by atoms with van der Waals surface area (Å²) in [6, 6.07) is 27.8. The summed E-state index contributed by atoms with van der Waals surface area (Å²) in [6.07, 6.45) is 4.97. The summed E-state index contributed by atoms with van der Waals surface area (Å²) >= 11 is 0. The molecular weight excluding hydrogens is 418 g/mol. The number of nitrogens with zero attached hydrogens (tertiary/aromatic N) is 1. The third-order valence-electron chi connectivity index (χ3n) is 6.21. The van der Waals surface area contributed by atoms with Gasteiger partial charge in [-0.3, -0.25) is 4.90 Å². The molecule has 0 aliphatic carbocycles. The van der Waals surface area contributed by atoms with Gasteiger partial charge in [-0.15, -0.1) is 12.4 Å². The minimum absolute atomic E-state index is 0. The number of benzene rings is 3. The Morgan fingerprint density at radius 1 is 0.750 bits per heavy atom. The lowest BCUT2D eigenvalue weighted by molar-refractivity contribution is 0.183. The molecule has 3 nitrogen and oxygen atoms in total. The van der Waals surface area contributed by atoms with Gasteiger partial charge in [0.2, 0.25) is 0 Å². The maximum atomic E-state index is 6.04. The van der Waals surface area contributed by atoms with E-state index in [2.05, 4.69) is 71.6 Å². The van der Waals surface area contributed by atoms with E-state index < -0.39 is 0 Å². The third kappa shape index (κ3) is 6.75. The standard InChI is InChI=1S/C28H33NO2.ClH/c1-30-26-14-10-23(11-15-26)22-28(24-8-4-2-5-9-24)25-12-16-27(17-13-25)31-21-20-29-18-6-3-7-19-29;/h2,4-5,8-17,28H,3,6-7,18-22H2,1H3;1H. The smallest absolute Gasteiger partial charge is 0.119 e. The van der Waals surface area contributed by atoms with Crippen LogP contribution in [0.5, 0.6) is 11.5 Å². The molecule has 0 aromatic heterocycles. The molecule has 170 valence electrons. The number of methoxy groups -OCH3 is 1. The summed E-state index contributed by atoms with van der Waals surface area (Å²) in [4.78, 5) is 2.51. The lowest BCUT2D eigenvalue weighted by Gasteiger charge is -2.26. The van der Waals surface area contributed by atoms with Gasteiger partial charge in [-0.05, 0) is 73.3 Å². The van der Waals surface area contributed by atoms with Crippen molar-refractivity contribution in [1.29, 1.82) is 0 Å². The molecular formula is C28H34ClNO2. The molecule has 1 aliphatic rings. The highest BCUT2D eigenvalue weighted by Gasteiger charge is 2.15. The molecule has 0 radical (unpaired) electrons. The van der Waals surface area contributed by atoms with Crippen molar-refractivity contribution in [3.8, 4) is 11.5 Å². The monoisotopic (exact) mass is 451 g/mol. The zero-order valence-corrected chi connectivity index (χ0v) is 19.7. The largest absolute Gasteiger partial charge is 0.497 e. The molecule has 1 heterocycles. The number of rotatable bonds is 9. The molecule has 3 aromatic rings. The average molecular weight is 452 g/mol. The van der Waals surface area contributed by atoms with Crippen molar-refractivity contribution in [3.63, 3.8) is 0 Å². The molecule has 4 rings (SSSR count). The van der Waals surface area contributed by atoms with Gasteiger partial charge in [0.25, 0.3) is 0 Å². The molecule has 1 atom stereocenters. The van der Waals surface area contributed by atoms with Crippen molar-refractivity contribution in [3.05, 3.63) is 95.6 Å². The molecule has 0 spiro atoms. The van der Waals surface area contributed by atoms with Crippen molar-refractivity contribution in [2.45, 2.75) is 31.6 Å². The number of ether oxygens (including phenoxy) is 2. The summed E-state index contributed by atoms with van der Waals surface area (Å²) < 4.78 is 11.3. The van der Waals surface area contributed by atoms with Crippen LogP contribution in [-0.4, -0.2) is 38.3 Å². The number of piperidine rings is 1. The summed E-state index contributed by atoms with van der Waals surface area (Å²) in [5.41, 5.74) is 3.94. The Kier molecular flexibility index (Phi) is 9.45. The van der Waals surface area contributed by atoms with Crippen molar-refractivity contribution < 1.29 is 9.47 Å². The van der Waals surface area contributed by atoms with Gasteiger partial charge in [0.05, 0.1) is 7.11 Å². The highest BCUT2D eigenvalue weighted by atomic mass is 35.5. The molecule has 0 saturated carbocycles. The van der Waals surface area contributed by atoms with Crippen molar-refractivity contribution >= 4 is 12.4 Å². The lowest BCUT2D eigenvalue weighted by atomic mass is 9.86. The van der Waals surface area contributed by atoms with Crippen molar-refractivity contribution in [2.24, 2.45) is 0 Å². The van der Waals surface area contributed by atoms with Crippen LogP contribution in [0.4, 0.5) is 0 Å². The third-order valence-corrected chi connectivity index (χ3v) is 6.21. The van der Waals surface area contributed by atoms with E-state index in [1.54, 1.807) is 7.11 Å². The fourth-order valence-corrected chi connectivity index (χ4v) is 4.38. The van der Waals surface area contributed by atoms with Gasteiger partial charge >= 0.3 is 0 Å². The first kappa shape index (κ1) is 24.2. The van der Waals surface area contributed by atoms with E-state index in [9.17, 15) is 0 Å². The number of hydrogen-bond acceptors (Lipinski definition) is 3. The molecule has 0 N–H and O–H groups in total. The second-order valence-corrected chi connectivity index (χ2v) is 8.34. The van der Waals surface area contributed by atoms with Gasteiger partial charge in [0.1, 0.15) is 18.1 Å². The molecule has 0 bridgehead atoms. The van der Waals surface area contributed by atoms with Crippen LogP contribution >= 0.6 is 12.4 Å². The highest BCUT2D eigenvalue weighted by Crippen LogP contribution is 2.30. The number of likely N-dealkylation sites (tertiary alicyclic amines) is 1. The van der Waals surface area contributed by atoms with Crippen LogP contribution in [0.15, 0.2) is 78.9 Å². The van der Waals surface area contributed by atoms with Gasteiger partial charge in [-0.1, -0.05) is 61.0 Å². The van der Waals surface area contributed by atoms with Crippen LogP contribution in [0.2, 0.25) is 0 Å². The fourth-order valence-electron chi connectivity index (χ4n) is 4.38. The molecule has 0 amide bonds. The molecule has 32 heavy (non-hydrogen) atoms. The Balaban J connectivity index is 0.00000289. The van der Waals surface area contributed by atoms with Crippen molar-refractivity contribution in [2.75, 3.05) is 33.4 Å². The first-order valence-electron chi connectivity index (χ1n) is 11.4. The zero-order valence-electron chi connectivity index (χ0n) is 18.9. The zero-order chi connectivity index (χ0) is 21.3. The molecule has 1 saturated heterocycles. The van der Waals surface area contributed by atoms with E-state index >= 15 is 0 Å². The minimum atomic E-state index is 0. The topological polar surface area (TPSA) is 21.7 Å². The highest BCUT2D eigenvalue weighted by molar-refractivity contribution is 5.85. The fraction of sp³-hybridized carbons (Fsp3) is 0.357. The summed E-state index contributed by atoms with van der Waals surface area (Å²) in [7, 11) is 1.71. The summed E-state index contributed by atoms with van der Waals surface area (Å²) in [5.74, 6) is 2.15. The number of hydrogen-bond donors (Lipinski definition) is 0. The van der Waals surface area contributed by atoms with E-state index in [-0.39, 0.29) is 12.4 Å². The molecule has 1 fully saturated rings.